The fourth-order valence-corrected chi connectivity index (χ4v) is 1.80. The topological polar surface area (TPSA) is 55.8 Å². The summed E-state index contributed by atoms with van der Waals surface area (Å²) >= 11 is 6.10. The van der Waals surface area contributed by atoms with Gasteiger partial charge in [0.25, 0.3) is 0 Å². The molecule has 0 atom stereocenters. The molecule has 0 fully saturated rings. The van der Waals surface area contributed by atoms with Crippen LogP contribution in [-0.2, 0) is 9.47 Å². The molecule has 1 aromatic carbocycles. The normalized spacial score (nSPS) is 11.8. The van der Waals surface area contributed by atoms with Crippen LogP contribution in [0.15, 0.2) is 18.2 Å². The van der Waals surface area contributed by atoms with Gasteiger partial charge in [0.2, 0.25) is 0 Å². The second kappa shape index (κ2) is 6.79. The molecule has 0 aliphatic rings. The van der Waals surface area contributed by atoms with Crippen LogP contribution in [0.1, 0.15) is 47.1 Å². The molecule has 0 saturated heterocycles. The lowest BCUT2D eigenvalue weighted by atomic mass is 10.2. The van der Waals surface area contributed by atoms with Crippen molar-refractivity contribution in [1.29, 1.82) is 0 Å². The Hall–Kier alpha value is -1.75. The predicted octanol–water partition coefficient (Wildman–Crippen LogP) is 5.33. The van der Waals surface area contributed by atoms with Gasteiger partial charge in [0, 0.05) is 5.02 Å². The summed E-state index contributed by atoms with van der Waals surface area (Å²) in [5.41, 5.74) is -0.356. The molecule has 0 aliphatic heterocycles. The zero-order valence-electron chi connectivity index (χ0n) is 14.7. The number of hydrogen-bond donors (Lipinski definition) is 0. The molecular formula is C17H24ClNO4. The van der Waals surface area contributed by atoms with E-state index in [0.717, 1.165) is 10.5 Å². The van der Waals surface area contributed by atoms with Crippen molar-refractivity contribution in [2.45, 2.75) is 59.7 Å². The van der Waals surface area contributed by atoms with Gasteiger partial charge in [-0.15, -0.1) is 0 Å². The van der Waals surface area contributed by atoms with Gasteiger partial charge in [-0.1, -0.05) is 17.7 Å². The van der Waals surface area contributed by atoms with Crippen LogP contribution in [0.25, 0.3) is 0 Å². The van der Waals surface area contributed by atoms with Crippen molar-refractivity contribution in [3.63, 3.8) is 0 Å². The zero-order valence-corrected chi connectivity index (χ0v) is 15.4. The Morgan fingerprint density at radius 1 is 0.957 bits per heavy atom. The second-order valence-corrected chi connectivity index (χ2v) is 7.64. The molecule has 0 aliphatic carbocycles. The molecule has 128 valence electrons. The van der Waals surface area contributed by atoms with E-state index in [2.05, 4.69) is 0 Å². The van der Waals surface area contributed by atoms with Crippen molar-refractivity contribution >= 4 is 29.5 Å². The maximum absolute atomic E-state index is 12.4. The number of benzene rings is 1. The number of amides is 2. The number of carbonyl (C=O) groups excluding carboxylic acids is 2. The van der Waals surface area contributed by atoms with Crippen LogP contribution in [-0.4, -0.2) is 23.4 Å². The van der Waals surface area contributed by atoms with E-state index in [1.165, 1.54) is 6.07 Å². The highest BCUT2D eigenvalue weighted by molar-refractivity contribution is 6.31. The first-order valence-electron chi connectivity index (χ1n) is 7.32. The fourth-order valence-electron chi connectivity index (χ4n) is 1.62. The summed E-state index contributed by atoms with van der Waals surface area (Å²) in [4.78, 5) is 25.7. The van der Waals surface area contributed by atoms with E-state index in [1.807, 2.05) is 6.92 Å². The number of halogens is 1. The third-order valence-corrected chi connectivity index (χ3v) is 2.97. The summed E-state index contributed by atoms with van der Waals surface area (Å²) < 4.78 is 10.6. The molecule has 0 bridgehead atoms. The number of ether oxygens (including phenoxy) is 2. The van der Waals surface area contributed by atoms with Gasteiger partial charge in [0.1, 0.15) is 11.2 Å². The highest BCUT2D eigenvalue weighted by Crippen LogP contribution is 2.26. The molecule has 0 aromatic heterocycles. The van der Waals surface area contributed by atoms with Gasteiger partial charge < -0.3 is 9.47 Å². The number of imide groups is 1. The lowest BCUT2D eigenvalue weighted by Crippen LogP contribution is -2.43. The molecule has 1 aromatic rings. The van der Waals surface area contributed by atoms with Gasteiger partial charge >= 0.3 is 12.2 Å². The van der Waals surface area contributed by atoms with Crippen LogP contribution in [0.4, 0.5) is 15.3 Å². The molecule has 0 heterocycles. The predicted molar refractivity (Wildman–Crippen MR) is 91.1 cm³/mol. The first-order chi connectivity index (χ1) is 10.3. The molecule has 6 heteroatoms. The lowest BCUT2D eigenvalue weighted by Gasteiger charge is -2.28. The molecule has 5 nitrogen and oxygen atoms in total. The van der Waals surface area contributed by atoms with Crippen LogP contribution >= 0.6 is 11.6 Å². The first-order valence-corrected chi connectivity index (χ1v) is 7.70. The molecule has 0 radical (unpaired) electrons. The van der Waals surface area contributed by atoms with E-state index in [9.17, 15) is 9.59 Å². The summed E-state index contributed by atoms with van der Waals surface area (Å²) in [5.74, 6) is 0. The van der Waals surface area contributed by atoms with E-state index < -0.39 is 23.4 Å². The minimum absolute atomic E-state index is 0.295. The SMILES string of the molecule is Cc1ccc(N(C(=O)OC(C)(C)C)C(=O)OC(C)(C)C)cc1Cl. The summed E-state index contributed by atoms with van der Waals surface area (Å²) in [6.07, 6.45) is -1.63. The van der Waals surface area contributed by atoms with Gasteiger partial charge in [-0.3, -0.25) is 0 Å². The van der Waals surface area contributed by atoms with Crippen molar-refractivity contribution in [2.75, 3.05) is 4.90 Å². The van der Waals surface area contributed by atoms with E-state index in [1.54, 1.807) is 53.7 Å². The van der Waals surface area contributed by atoms with Gasteiger partial charge in [-0.2, -0.15) is 4.90 Å². The Bertz CT molecular complexity index is 572. The molecule has 0 unspecified atom stereocenters. The summed E-state index contributed by atoms with van der Waals surface area (Å²) in [7, 11) is 0. The van der Waals surface area contributed by atoms with Crippen LogP contribution in [0.3, 0.4) is 0 Å². The number of carbonyl (C=O) groups is 2. The smallest absolute Gasteiger partial charge is 0.424 e. The molecule has 23 heavy (non-hydrogen) atoms. The number of anilines is 1. The van der Waals surface area contributed by atoms with Crippen molar-refractivity contribution < 1.29 is 19.1 Å². The quantitative estimate of drug-likeness (QED) is 0.693. The van der Waals surface area contributed by atoms with E-state index >= 15 is 0 Å². The lowest BCUT2D eigenvalue weighted by molar-refractivity contribution is 0.0431. The standard InChI is InChI=1S/C17H24ClNO4/c1-11-8-9-12(10-13(11)18)19(14(20)22-16(2,3)4)15(21)23-17(5,6)7/h8-10H,1-7H3. The molecule has 0 spiro atoms. The van der Waals surface area contributed by atoms with E-state index in [0.29, 0.717) is 10.7 Å². The van der Waals surface area contributed by atoms with Crippen LogP contribution in [0.2, 0.25) is 5.02 Å². The van der Waals surface area contributed by atoms with Crippen LogP contribution < -0.4 is 4.90 Å². The largest absolute Gasteiger partial charge is 0.443 e. The Balaban J connectivity index is 3.22. The average Bonchev–Trinajstić information content (AvgIpc) is 2.29. The average molecular weight is 342 g/mol. The van der Waals surface area contributed by atoms with Crippen molar-refractivity contribution in [3.05, 3.63) is 28.8 Å². The maximum Gasteiger partial charge on any atom is 0.424 e. The van der Waals surface area contributed by atoms with Gasteiger partial charge in [-0.05, 0) is 66.2 Å². The molecule has 0 saturated carbocycles. The van der Waals surface area contributed by atoms with Crippen molar-refractivity contribution in [1.82, 2.24) is 0 Å². The Labute approximate surface area is 142 Å². The van der Waals surface area contributed by atoms with E-state index in [4.69, 9.17) is 21.1 Å². The monoisotopic (exact) mass is 341 g/mol. The summed E-state index contributed by atoms with van der Waals surface area (Å²) in [6, 6.07) is 4.87. The van der Waals surface area contributed by atoms with Gasteiger partial charge in [0.15, 0.2) is 0 Å². The highest BCUT2D eigenvalue weighted by Gasteiger charge is 2.32. The summed E-state index contributed by atoms with van der Waals surface area (Å²) in [6.45, 7) is 12.2. The third-order valence-electron chi connectivity index (χ3n) is 2.57. The Kier molecular flexibility index (Phi) is 5.69. The number of rotatable bonds is 1. The number of hydrogen-bond acceptors (Lipinski definition) is 4. The van der Waals surface area contributed by atoms with Crippen LogP contribution in [0, 0.1) is 6.92 Å². The highest BCUT2D eigenvalue weighted by atomic mass is 35.5. The minimum Gasteiger partial charge on any atom is -0.443 e. The van der Waals surface area contributed by atoms with Gasteiger partial charge in [0.05, 0.1) is 5.69 Å². The maximum atomic E-state index is 12.4. The fraction of sp³-hybridized carbons (Fsp3) is 0.529. The first kappa shape index (κ1) is 19.3. The zero-order chi connectivity index (χ0) is 18.0. The number of aryl methyl sites for hydroxylation is 1. The molecule has 1 rings (SSSR count). The van der Waals surface area contributed by atoms with Gasteiger partial charge in [-0.25, -0.2) is 9.59 Å². The van der Waals surface area contributed by atoms with E-state index in [-0.39, 0.29) is 0 Å². The summed E-state index contributed by atoms with van der Waals surface area (Å²) in [5, 5.41) is 0.444. The number of nitrogens with zero attached hydrogens (tertiary/aromatic N) is 1. The Morgan fingerprint density at radius 2 is 1.39 bits per heavy atom. The molecule has 2 amide bonds. The van der Waals surface area contributed by atoms with Crippen molar-refractivity contribution in [3.8, 4) is 0 Å². The Morgan fingerprint density at radius 3 is 1.74 bits per heavy atom. The third kappa shape index (κ3) is 6.10. The second-order valence-electron chi connectivity index (χ2n) is 7.23. The molecular weight excluding hydrogens is 318 g/mol. The molecule has 0 N–H and O–H groups in total. The minimum atomic E-state index is -0.813. The van der Waals surface area contributed by atoms with Crippen LogP contribution in [0.5, 0.6) is 0 Å². The van der Waals surface area contributed by atoms with Crippen molar-refractivity contribution in [2.24, 2.45) is 0 Å².